The number of hydrogen-bond acceptors (Lipinski definition) is 7. The molecule has 6 nitrogen and oxygen atoms in total. The molecule has 1 aromatic carbocycles. The van der Waals surface area contributed by atoms with Gasteiger partial charge in [-0.05, 0) is 44.2 Å². The lowest BCUT2D eigenvalue weighted by Crippen LogP contribution is -2.47. The molecular formula is C17H19N5OS2. The van der Waals surface area contributed by atoms with E-state index in [4.69, 9.17) is 0 Å². The number of nitrogens with one attached hydrogen (secondary N) is 2. The molecule has 0 radical (unpaired) electrons. The minimum atomic E-state index is -0.754. The number of para-hydroxylation sites is 1. The molecule has 0 aliphatic heterocycles. The molecule has 1 aliphatic carbocycles. The normalized spacial score (nSPS) is 15.9. The Balaban J connectivity index is 1.52. The first-order chi connectivity index (χ1) is 12.0. The lowest BCUT2D eigenvalue weighted by atomic mass is 9.98. The van der Waals surface area contributed by atoms with Crippen LogP contribution in [0.3, 0.4) is 0 Å². The number of nitrogens with zero attached hydrogens (tertiary/aromatic N) is 3. The van der Waals surface area contributed by atoms with E-state index in [2.05, 4.69) is 26.9 Å². The number of benzene rings is 1. The van der Waals surface area contributed by atoms with Gasteiger partial charge in [0.05, 0.1) is 11.8 Å². The number of rotatable bonds is 7. The first-order valence-electron chi connectivity index (χ1n) is 8.01. The zero-order chi connectivity index (χ0) is 17.9. The van der Waals surface area contributed by atoms with Gasteiger partial charge >= 0.3 is 0 Å². The quantitative estimate of drug-likeness (QED) is 0.722. The van der Waals surface area contributed by atoms with Crippen LogP contribution < -0.4 is 10.6 Å². The van der Waals surface area contributed by atoms with Gasteiger partial charge < -0.3 is 10.6 Å². The van der Waals surface area contributed by atoms with E-state index in [0.717, 1.165) is 28.4 Å². The maximum atomic E-state index is 12.1. The highest BCUT2D eigenvalue weighted by Gasteiger charge is 2.42. The van der Waals surface area contributed by atoms with Gasteiger partial charge in [0.1, 0.15) is 5.54 Å². The molecule has 1 saturated carbocycles. The fourth-order valence-electron chi connectivity index (χ4n) is 2.48. The molecule has 1 amide bonds. The van der Waals surface area contributed by atoms with Crippen LogP contribution in [-0.4, -0.2) is 27.4 Å². The first-order valence-corrected chi connectivity index (χ1v) is 9.81. The van der Waals surface area contributed by atoms with Crippen LogP contribution >= 0.6 is 23.1 Å². The van der Waals surface area contributed by atoms with E-state index in [1.807, 2.05) is 31.2 Å². The second-order valence-corrected chi connectivity index (χ2v) is 8.44. The molecule has 3 rings (SSSR count). The molecule has 1 fully saturated rings. The number of amides is 1. The third-order valence-electron chi connectivity index (χ3n) is 4.15. The predicted octanol–water partition coefficient (Wildman–Crippen LogP) is 3.49. The lowest BCUT2D eigenvalue weighted by Gasteiger charge is -2.22. The highest BCUT2D eigenvalue weighted by Crippen LogP contribution is 2.39. The lowest BCUT2D eigenvalue weighted by molar-refractivity contribution is -0.119. The molecule has 130 valence electrons. The summed E-state index contributed by atoms with van der Waals surface area (Å²) in [5.74, 6) is 0.352. The molecule has 2 aromatic rings. The molecule has 0 bridgehead atoms. The average Bonchev–Trinajstić information content (AvgIpc) is 3.37. The van der Waals surface area contributed by atoms with Crippen LogP contribution in [0.1, 0.15) is 25.3 Å². The number of thioether (sulfide) groups is 1. The van der Waals surface area contributed by atoms with Crippen molar-refractivity contribution in [2.24, 2.45) is 5.92 Å². The summed E-state index contributed by atoms with van der Waals surface area (Å²) in [4.78, 5) is 12.1. The second-order valence-electron chi connectivity index (χ2n) is 6.24. The molecule has 0 unspecified atom stereocenters. The van der Waals surface area contributed by atoms with Crippen molar-refractivity contribution in [1.82, 2.24) is 15.5 Å². The molecule has 25 heavy (non-hydrogen) atoms. The Morgan fingerprint density at radius 3 is 2.88 bits per heavy atom. The average molecular weight is 374 g/mol. The van der Waals surface area contributed by atoms with Crippen LogP contribution in [0.2, 0.25) is 0 Å². The Labute approximate surface area is 155 Å². The third-order valence-corrected chi connectivity index (χ3v) is 6.12. The van der Waals surface area contributed by atoms with Crippen LogP contribution in [-0.2, 0) is 4.79 Å². The van der Waals surface area contributed by atoms with Crippen molar-refractivity contribution < 1.29 is 4.79 Å². The van der Waals surface area contributed by atoms with E-state index in [1.165, 1.54) is 23.1 Å². The largest absolute Gasteiger partial charge is 0.337 e. The Morgan fingerprint density at radius 2 is 2.20 bits per heavy atom. The fraction of sp³-hybridized carbons (Fsp3) is 0.412. The summed E-state index contributed by atoms with van der Waals surface area (Å²) in [6.45, 7) is 3.82. The number of anilines is 2. The van der Waals surface area contributed by atoms with Crippen LogP contribution in [0.4, 0.5) is 10.8 Å². The van der Waals surface area contributed by atoms with E-state index in [0.29, 0.717) is 5.13 Å². The van der Waals surface area contributed by atoms with Gasteiger partial charge in [0, 0.05) is 5.69 Å². The maximum Gasteiger partial charge on any atom is 0.231 e. The molecule has 1 heterocycles. The number of aromatic nitrogens is 2. The van der Waals surface area contributed by atoms with E-state index >= 15 is 0 Å². The fourth-order valence-corrected chi connectivity index (χ4v) is 4.05. The molecule has 1 aliphatic rings. The SMILES string of the molecule is Cc1ccccc1Nc1nnc(SCC(=O)N[C@](C)(C#N)C2CC2)s1. The van der Waals surface area contributed by atoms with Gasteiger partial charge in [0.15, 0.2) is 4.34 Å². The summed E-state index contributed by atoms with van der Waals surface area (Å²) < 4.78 is 0.719. The standard InChI is InChI=1S/C17H19N5OS2/c1-11-5-3-4-6-13(11)19-15-21-22-16(25-15)24-9-14(23)20-17(2,10-18)12-7-8-12/h3-6,12H,7-9H2,1-2H3,(H,19,21)(H,20,23)/t17-/m1/s1. The minimum absolute atomic E-state index is 0.149. The summed E-state index contributed by atoms with van der Waals surface area (Å²) in [7, 11) is 0. The van der Waals surface area contributed by atoms with Gasteiger partial charge in [-0.25, -0.2) is 0 Å². The van der Waals surface area contributed by atoms with Crippen LogP contribution in [0.15, 0.2) is 28.6 Å². The van der Waals surface area contributed by atoms with Crippen LogP contribution in [0, 0.1) is 24.2 Å². The zero-order valence-electron chi connectivity index (χ0n) is 14.1. The second kappa shape index (κ2) is 7.42. The molecule has 8 heteroatoms. The van der Waals surface area contributed by atoms with Crippen molar-refractivity contribution in [2.45, 2.75) is 36.6 Å². The Kier molecular flexibility index (Phi) is 5.25. The number of nitriles is 1. The maximum absolute atomic E-state index is 12.1. The van der Waals surface area contributed by atoms with Crippen LogP contribution in [0.5, 0.6) is 0 Å². The summed E-state index contributed by atoms with van der Waals surface area (Å²) >= 11 is 2.74. The van der Waals surface area contributed by atoms with Gasteiger partial charge in [-0.2, -0.15) is 5.26 Å². The number of hydrogen-bond donors (Lipinski definition) is 2. The smallest absolute Gasteiger partial charge is 0.231 e. The number of aryl methyl sites for hydroxylation is 1. The van der Waals surface area contributed by atoms with Gasteiger partial charge in [-0.15, -0.1) is 10.2 Å². The number of carbonyl (C=O) groups excluding carboxylic acids is 1. The summed E-state index contributed by atoms with van der Waals surface area (Å²) in [6.07, 6.45) is 2.00. The molecule has 2 N–H and O–H groups in total. The van der Waals surface area contributed by atoms with Gasteiger partial charge in [-0.1, -0.05) is 41.3 Å². The number of carbonyl (C=O) groups is 1. The molecule has 1 aromatic heterocycles. The third kappa shape index (κ3) is 4.50. The van der Waals surface area contributed by atoms with Crippen molar-refractivity contribution >= 4 is 39.8 Å². The van der Waals surface area contributed by atoms with Gasteiger partial charge in [0.25, 0.3) is 0 Å². The van der Waals surface area contributed by atoms with Gasteiger partial charge in [-0.3, -0.25) is 4.79 Å². The van der Waals surface area contributed by atoms with Crippen molar-refractivity contribution in [3.05, 3.63) is 29.8 Å². The molecule has 0 saturated heterocycles. The van der Waals surface area contributed by atoms with Crippen molar-refractivity contribution in [2.75, 3.05) is 11.1 Å². The highest BCUT2D eigenvalue weighted by atomic mass is 32.2. The summed E-state index contributed by atoms with van der Waals surface area (Å²) in [5, 5.41) is 24.3. The van der Waals surface area contributed by atoms with E-state index < -0.39 is 5.54 Å². The van der Waals surface area contributed by atoms with Crippen LogP contribution in [0.25, 0.3) is 0 Å². The summed E-state index contributed by atoms with van der Waals surface area (Å²) in [6, 6.07) is 10.2. The predicted molar refractivity (Wildman–Crippen MR) is 100.0 cm³/mol. The topological polar surface area (TPSA) is 90.7 Å². The Bertz CT molecular complexity index is 811. The van der Waals surface area contributed by atoms with E-state index in [9.17, 15) is 10.1 Å². The first kappa shape index (κ1) is 17.7. The summed E-state index contributed by atoms with van der Waals surface area (Å²) in [5.41, 5.74) is 1.36. The van der Waals surface area contributed by atoms with Crippen molar-refractivity contribution in [3.8, 4) is 6.07 Å². The van der Waals surface area contributed by atoms with Crippen molar-refractivity contribution in [1.29, 1.82) is 5.26 Å². The van der Waals surface area contributed by atoms with E-state index in [1.54, 1.807) is 6.92 Å². The Morgan fingerprint density at radius 1 is 1.44 bits per heavy atom. The minimum Gasteiger partial charge on any atom is -0.337 e. The molecule has 0 spiro atoms. The molecule has 1 atom stereocenters. The monoisotopic (exact) mass is 373 g/mol. The highest BCUT2D eigenvalue weighted by molar-refractivity contribution is 8.01. The van der Waals surface area contributed by atoms with Gasteiger partial charge in [0.2, 0.25) is 11.0 Å². The molecular weight excluding hydrogens is 354 g/mol. The van der Waals surface area contributed by atoms with E-state index in [-0.39, 0.29) is 17.6 Å². The zero-order valence-corrected chi connectivity index (χ0v) is 15.7. The Hall–Kier alpha value is -2.11. The van der Waals surface area contributed by atoms with Crippen molar-refractivity contribution in [3.63, 3.8) is 0 Å².